The lowest BCUT2D eigenvalue weighted by Gasteiger charge is -2.21. The van der Waals surface area contributed by atoms with Crippen LogP contribution in [0.2, 0.25) is 0 Å². The van der Waals surface area contributed by atoms with Crippen molar-refractivity contribution in [1.29, 1.82) is 0 Å². The highest BCUT2D eigenvalue weighted by Gasteiger charge is 2.19. The van der Waals surface area contributed by atoms with Crippen LogP contribution in [-0.4, -0.2) is 23.5 Å². The van der Waals surface area contributed by atoms with Crippen LogP contribution in [0.1, 0.15) is 44.1 Å². The molecule has 2 nitrogen and oxygen atoms in total. The van der Waals surface area contributed by atoms with Crippen LogP contribution in [0.25, 0.3) is 10.1 Å². The second kappa shape index (κ2) is 6.07. The molecule has 0 atom stereocenters. The van der Waals surface area contributed by atoms with Crippen molar-refractivity contribution in [3.8, 4) is 0 Å². The van der Waals surface area contributed by atoms with E-state index in [2.05, 4.69) is 55.3 Å². The van der Waals surface area contributed by atoms with Gasteiger partial charge in [-0.1, -0.05) is 18.2 Å². The summed E-state index contributed by atoms with van der Waals surface area (Å²) >= 11 is 1.96. The summed E-state index contributed by atoms with van der Waals surface area (Å²) in [5.41, 5.74) is 1.72. The van der Waals surface area contributed by atoms with Gasteiger partial charge in [0.15, 0.2) is 0 Å². The smallest absolute Gasteiger partial charge is 0.0349 e. The molecular weight excluding hydrogens is 276 g/mol. The van der Waals surface area contributed by atoms with Crippen LogP contribution in [0.4, 0.5) is 0 Å². The van der Waals surface area contributed by atoms with E-state index in [1.54, 1.807) is 5.56 Å². The van der Waals surface area contributed by atoms with Crippen LogP contribution >= 0.6 is 11.3 Å². The van der Waals surface area contributed by atoms with Crippen LogP contribution in [0, 0.1) is 0 Å². The quantitative estimate of drug-likeness (QED) is 0.901. The van der Waals surface area contributed by atoms with E-state index < -0.39 is 0 Å². The number of thiophene rings is 1. The maximum Gasteiger partial charge on any atom is 0.0349 e. The molecule has 1 aromatic carbocycles. The highest BCUT2D eigenvalue weighted by atomic mass is 32.1. The number of benzene rings is 1. The van der Waals surface area contributed by atoms with Gasteiger partial charge >= 0.3 is 0 Å². The van der Waals surface area contributed by atoms with Crippen molar-refractivity contribution in [1.82, 2.24) is 10.2 Å². The Balaban J connectivity index is 1.89. The van der Waals surface area contributed by atoms with Crippen molar-refractivity contribution >= 4 is 21.4 Å². The number of rotatable bonds is 4. The molecule has 2 heterocycles. The first-order valence-corrected chi connectivity index (χ1v) is 8.81. The summed E-state index contributed by atoms with van der Waals surface area (Å²) in [5, 5.41) is 5.11. The molecular formula is C18H26N2S. The fraction of sp³-hybridized carbons (Fsp3) is 0.556. The maximum atomic E-state index is 3.66. The van der Waals surface area contributed by atoms with Gasteiger partial charge in [0.05, 0.1) is 0 Å². The Hall–Kier alpha value is -0.900. The zero-order valence-electron chi connectivity index (χ0n) is 13.4. The molecule has 0 unspecified atom stereocenters. The van der Waals surface area contributed by atoms with Crippen molar-refractivity contribution in [3.63, 3.8) is 0 Å². The van der Waals surface area contributed by atoms with Crippen LogP contribution in [0.15, 0.2) is 24.3 Å². The topological polar surface area (TPSA) is 15.3 Å². The van der Waals surface area contributed by atoms with Gasteiger partial charge in [0, 0.05) is 28.2 Å². The monoisotopic (exact) mass is 302 g/mol. The van der Waals surface area contributed by atoms with Crippen molar-refractivity contribution < 1.29 is 0 Å². The first kappa shape index (κ1) is 15.0. The Kier molecular flexibility index (Phi) is 4.34. The lowest BCUT2D eigenvalue weighted by molar-refractivity contribution is 0.331. The van der Waals surface area contributed by atoms with Gasteiger partial charge in [-0.2, -0.15) is 0 Å². The summed E-state index contributed by atoms with van der Waals surface area (Å²) in [6.07, 6.45) is 2.72. The molecule has 1 saturated heterocycles. The summed E-state index contributed by atoms with van der Waals surface area (Å²) in [7, 11) is 0. The number of fused-ring (bicyclic) bond motifs is 1. The third kappa shape index (κ3) is 3.65. The van der Waals surface area contributed by atoms with Gasteiger partial charge in [0.1, 0.15) is 0 Å². The zero-order valence-corrected chi connectivity index (χ0v) is 14.2. The lowest BCUT2D eigenvalue weighted by atomic mass is 10.1. The molecule has 1 fully saturated rings. The predicted octanol–water partition coefficient (Wildman–Crippen LogP) is 4.39. The molecule has 114 valence electrons. The van der Waals surface area contributed by atoms with Gasteiger partial charge in [-0.05, 0) is 63.7 Å². The van der Waals surface area contributed by atoms with Gasteiger partial charge in [-0.3, -0.25) is 4.90 Å². The van der Waals surface area contributed by atoms with E-state index in [0.29, 0.717) is 0 Å². The van der Waals surface area contributed by atoms with Crippen LogP contribution in [-0.2, 0) is 13.1 Å². The van der Waals surface area contributed by atoms with Gasteiger partial charge in [-0.15, -0.1) is 11.3 Å². The highest BCUT2D eigenvalue weighted by Crippen LogP contribution is 2.33. The maximum absolute atomic E-state index is 3.66. The van der Waals surface area contributed by atoms with Gasteiger partial charge in [-0.25, -0.2) is 0 Å². The molecule has 1 aliphatic rings. The standard InChI is InChI=1S/C18H26N2S/c1-18(2,3)19-12-17-15(13-20-10-6-7-11-20)14-8-4-5-9-16(14)21-17/h4-5,8-9,19H,6-7,10-13H2,1-3H3. The summed E-state index contributed by atoms with van der Waals surface area (Å²) < 4.78 is 1.43. The molecule has 1 aliphatic heterocycles. The number of likely N-dealkylation sites (tertiary alicyclic amines) is 1. The van der Waals surface area contributed by atoms with E-state index in [4.69, 9.17) is 0 Å². The highest BCUT2D eigenvalue weighted by molar-refractivity contribution is 7.19. The molecule has 3 rings (SSSR count). The molecule has 0 spiro atoms. The van der Waals surface area contributed by atoms with E-state index in [-0.39, 0.29) is 5.54 Å². The largest absolute Gasteiger partial charge is 0.307 e. The average Bonchev–Trinajstić information content (AvgIpc) is 3.05. The Labute approximate surface area is 132 Å². The minimum atomic E-state index is 0.168. The number of hydrogen-bond acceptors (Lipinski definition) is 3. The molecule has 3 heteroatoms. The van der Waals surface area contributed by atoms with Crippen LogP contribution < -0.4 is 5.32 Å². The third-order valence-electron chi connectivity index (χ3n) is 4.14. The number of hydrogen-bond donors (Lipinski definition) is 1. The minimum Gasteiger partial charge on any atom is -0.307 e. The van der Waals surface area contributed by atoms with E-state index in [1.165, 1.54) is 40.9 Å². The number of nitrogens with one attached hydrogen (secondary N) is 1. The average molecular weight is 302 g/mol. The molecule has 0 aliphatic carbocycles. The second-order valence-electron chi connectivity index (χ2n) is 7.09. The second-order valence-corrected chi connectivity index (χ2v) is 8.22. The van der Waals surface area contributed by atoms with E-state index in [1.807, 2.05) is 11.3 Å². The Bertz CT molecular complexity index is 603. The zero-order chi connectivity index (χ0) is 14.9. The van der Waals surface area contributed by atoms with E-state index in [9.17, 15) is 0 Å². The molecule has 0 bridgehead atoms. The van der Waals surface area contributed by atoms with Crippen LogP contribution in [0.5, 0.6) is 0 Å². The van der Waals surface area contributed by atoms with Gasteiger partial charge < -0.3 is 5.32 Å². The van der Waals surface area contributed by atoms with Crippen LogP contribution in [0.3, 0.4) is 0 Å². The van der Waals surface area contributed by atoms with Crippen molar-refractivity contribution in [2.75, 3.05) is 13.1 Å². The van der Waals surface area contributed by atoms with Crippen molar-refractivity contribution in [2.45, 2.75) is 52.2 Å². The molecule has 1 N–H and O–H groups in total. The normalized spacial score (nSPS) is 16.9. The fourth-order valence-electron chi connectivity index (χ4n) is 2.98. The molecule has 21 heavy (non-hydrogen) atoms. The van der Waals surface area contributed by atoms with E-state index in [0.717, 1.165) is 13.1 Å². The summed E-state index contributed by atoms with van der Waals surface area (Å²) in [5.74, 6) is 0. The molecule has 1 aromatic heterocycles. The third-order valence-corrected chi connectivity index (χ3v) is 5.35. The Morgan fingerprint density at radius 2 is 1.86 bits per heavy atom. The summed E-state index contributed by atoms with van der Waals surface area (Å²) in [6, 6.07) is 8.87. The fourth-order valence-corrected chi connectivity index (χ4v) is 4.13. The first-order chi connectivity index (χ1) is 10.0. The summed E-state index contributed by atoms with van der Waals surface area (Å²) in [4.78, 5) is 4.12. The molecule has 0 amide bonds. The molecule has 0 saturated carbocycles. The molecule has 2 aromatic rings. The molecule has 0 radical (unpaired) electrons. The Morgan fingerprint density at radius 1 is 1.14 bits per heavy atom. The lowest BCUT2D eigenvalue weighted by Crippen LogP contribution is -2.35. The van der Waals surface area contributed by atoms with E-state index >= 15 is 0 Å². The first-order valence-electron chi connectivity index (χ1n) is 7.99. The SMILES string of the molecule is CC(C)(C)NCc1sc2ccccc2c1CN1CCCC1. The predicted molar refractivity (Wildman–Crippen MR) is 92.9 cm³/mol. The Morgan fingerprint density at radius 3 is 2.57 bits per heavy atom. The van der Waals surface area contributed by atoms with Gasteiger partial charge in [0.25, 0.3) is 0 Å². The summed E-state index contributed by atoms with van der Waals surface area (Å²) in [6.45, 7) is 11.3. The van der Waals surface area contributed by atoms with Crippen molar-refractivity contribution in [2.24, 2.45) is 0 Å². The number of nitrogens with zero attached hydrogens (tertiary/aromatic N) is 1. The van der Waals surface area contributed by atoms with Crippen molar-refractivity contribution in [3.05, 3.63) is 34.7 Å². The van der Waals surface area contributed by atoms with Gasteiger partial charge in [0.2, 0.25) is 0 Å². The minimum absolute atomic E-state index is 0.168.